The van der Waals surface area contributed by atoms with Gasteiger partial charge >= 0.3 is 0 Å². The smallest absolute Gasteiger partial charge is 0.254 e. The zero-order chi connectivity index (χ0) is 14.0. The number of halogens is 2. The fraction of sp³-hybridized carbons (Fsp3) is 0.615. The maximum absolute atomic E-state index is 12.1. The van der Waals surface area contributed by atoms with E-state index in [4.69, 9.17) is 23.2 Å². The molecule has 6 heteroatoms. The number of nitrogens with zero attached hydrogens (tertiary/aromatic N) is 2. The number of carbonyl (C=O) groups is 1. The van der Waals surface area contributed by atoms with Crippen molar-refractivity contribution in [2.24, 2.45) is 5.41 Å². The predicted octanol–water partition coefficient (Wildman–Crippen LogP) is 3.48. The molecule has 1 amide bonds. The van der Waals surface area contributed by atoms with Gasteiger partial charge in [0, 0.05) is 6.04 Å². The van der Waals surface area contributed by atoms with Gasteiger partial charge in [-0.1, -0.05) is 37.0 Å². The second kappa shape index (κ2) is 5.63. The van der Waals surface area contributed by atoms with Crippen LogP contribution in [0.15, 0.2) is 6.07 Å². The Hall–Kier alpha value is -0.870. The molecule has 0 spiro atoms. The summed E-state index contributed by atoms with van der Waals surface area (Å²) in [6, 6.07) is 1.64. The summed E-state index contributed by atoms with van der Waals surface area (Å²) in [6.45, 7) is 4.52. The van der Waals surface area contributed by atoms with Crippen molar-refractivity contribution in [2.75, 3.05) is 0 Å². The third kappa shape index (κ3) is 3.80. The lowest BCUT2D eigenvalue weighted by Gasteiger charge is -2.34. The van der Waals surface area contributed by atoms with Gasteiger partial charge in [-0.3, -0.25) is 4.79 Å². The first-order chi connectivity index (χ1) is 8.87. The van der Waals surface area contributed by atoms with Gasteiger partial charge in [0.1, 0.15) is 0 Å². The van der Waals surface area contributed by atoms with Gasteiger partial charge in [0.05, 0.1) is 5.56 Å². The van der Waals surface area contributed by atoms with Gasteiger partial charge in [-0.15, -0.1) is 10.2 Å². The van der Waals surface area contributed by atoms with E-state index >= 15 is 0 Å². The Labute approximate surface area is 122 Å². The van der Waals surface area contributed by atoms with Gasteiger partial charge in [-0.05, 0) is 37.2 Å². The molecule has 0 saturated heterocycles. The lowest BCUT2D eigenvalue weighted by molar-refractivity contribution is 0.0908. The third-order valence-corrected chi connectivity index (χ3v) is 4.10. The van der Waals surface area contributed by atoms with Crippen molar-refractivity contribution < 1.29 is 4.79 Å². The molecule has 1 heterocycles. The van der Waals surface area contributed by atoms with E-state index in [1.807, 2.05) is 0 Å². The molecule has 1 aromatic heterocycles. The van der Waals surface area contributed by atoms with E-state index < -0.39 is 0 Å². The van der Waals surface area contributed by atoms with Crippen LogP contribution in [0.25, 0.3) is 0 Å². The molecule has 0 unspecified atom stereocenters. The Kier molecular flexibility index (Phi) is 4.31. The standard InChI is InChI=1S/C13H17Cl2N3O/c1-13(2)5-3-8(4-6-13)16-12(19)9-7-10(14)17-18-11(9)15/h7-8H,3-6H2,1-2H3,(H,16,19). The molecule has 1 N–H and O–H groups in total. The summed E-state index contributed by atoms with van der Waals surface area (Å²) in [5, 5.41) is 10.5. The van der Waals surface area contributed by atoms with Gasteiger partial charge in [0.25, 0.3) is 5.91 Å². The summed E-state index contributed by atoms with van der Waals surface area (Å²) in [7, 11) is 0. The molecular formula is C13H17Cl2N3O. The van der Waals surface area contributed by atoms with Crippen LogP contribution >= 0.6 is 23.2 Å². The predicted molar refractivity (Wildman–Crippen MR) is 75.6 cm³/mol. The molecule has 0 radical (unpaired) electrons. The van der Waals surface area contributed by atoms with E-state index in [1.54, 1.807) is 0 Å². The van der Waals surface area contributed by atoms with Gasteiger partial charge in [-0.25, -0.2) is 0 Å². The van der Waals surface area contributed by atoms with E-state index in [1.165, 1.54) is 6.07 Å². The third-order valence-electron chi connectivity index (χ3n) is 3.64. The van der Waals surface area contributed by atoms with Gasteiger partial charge in [0.15, 0.2) is 10.3 Å². The number of aromatic nitrogens is 2. The average Bonchev–Trinajstić information content (AvgIpc) is 2.35. The topological polar surface area (TPSA) is 54.9 Å². The molecule has 1 aliphatic rings. The van der Waals surface area contributed by atoms with Gasteiger partial charge in [-0.2, -0.15) is 0 Å². The molecule has 0 aliphatic heterocycles. The average molecular weight is 302 g/mol. The van der Waals surface area contributed by atoms with Crippen molar-refractivity contribution in [3.8, 4) is 0 Å². The molecule has 2 rings (SSSR count). The van der Waals surface area contributed by atoms with Crippen LogP contribution in [0.2, 0.25) is 10.3 Å². The highest BCUT2D eigenvalue weighted by atomic mass is 35.5. The maximum Gasteiger partial charge on any atom is 0.254 e. The Morgan fingerprint density at radius 3 is 2.58 bits per heavy atom. The highest BCUT2D eigenvalue weighted by molar-refractivity contribution is 6.34. The van der Waals surface area contributed by atoms with Crippen molar-refractivity contribution in [2.45, 2.75) is 45.6 Å². The first-order valence-corrected chi connectivity index (χ1v) is 7.12. The Morgan fingerprint density at radius 2 is 1.95 bits per heavy atom. The first kappa shape index (κ1) is 14.5. The minimum atomic E-state index is -0.230. The molecule has 0 aromatic carbocycles. The van der Waals surface area contributed by atoms with Crippen molar-refractivity contribution in [1.29, 1.82) is 0 Å². The molecule has 1 saturated carbocycles. The summed E-state index contributed by atoms with van der Waals surface area (Å²) in [4.78, 5) is 12.1. The van der Waals surface area contributed by atoms with Crippen LogP contribution in [0.1, 0.15) is 49.9 Å². The molecule has 0 atom stereocenters. The molecule has 4 nitrogen and oxygen atoms in total. The fourth-order valence-corrected chi connectivity index (χ4v) is 2.64. The van der Waals surface area contributed by atoms with Crippen LogP contribution in [-0.4, -0.2) is 22.1 Å². The quantitative estimate of drug-likeness (QED) is 0.910. The van der Waals surface area contributed by atoms with Crippen molar-refractivity contribution in [1.82, 2.24) is 15.5 Å². The summed E-state index contributed by atoms with van der Waals surface area (Å²) in [5.41, 5.74) is 0.659. The van der Waals surface area contributed by atoms with Crippen LogP contribution < -0.4 is 5.32 Å². The van der Waals surface area contributed by atoms with Crippen LogP contribution in [0.5, 0.6) is 0 Å². The summed E-state index contributed by atoms with van der Waals surface area (Å²) in [6.07, 6.45) is 4.20. The van der Waals surface area contributed by atoms with Crippen LogP contribution in [0.4, 0.5) is 0 Å². The lowest BCUT2D eigenvalue weighted by atomic mass is 9.75. The van der Waals surface area contributed by atoms with E-state index in [9.17, 15) is 4.79 Å². The second-order valence-electron chi connectivity index (χ2n) is 5.78. The highest BCUT2D eigenvalue weighted by Crippen LogP contribution is 2.35. The molecule has 1 aliphatic carbocycles. The molecule has 0 bridgehead atoms. The number of nitrogens with one attached hydrogen (secondary N) is 1. The minimum Gasteiger partial charge on any atom is -0.349 e. The fourth-order valence-electron chi connectivity index (χ4n) is 2.32. The molecular weight excluding hydrogens is 285 g/mol. The minimum absolute atomic E-state index is 0.0815. The maximum atomic E-state index is 12.1. The Bertz CT molecular complexity index is 481. The van der Waals surface area contributed by atoms with E-state index in [0.29, 0.717) is 5.41 Å². The first-order valence-electron chi connectivity index (χ1n) is 6.37. The van der Waals surface area contributed by atoms with Crippen molar-refractivity contribution >= 4 is 29.1 Å². The monoisotopic (exact) mass is 301 g/mol. The zero-order valence-electron chi connectivity index (χ0n) is 11.0. The molecule has 104 valence electrons. The summed E-state index contributed by atoms with van der Waals surface area (Å²) < 4.78 is 0. The van der Waals surface area contributed by atoms with E-state index in [2.05, 4.69) is 29.4 Å². The molecule has 19 heavy (non-hydrogen) atoms. The summed E-state index contributed by atoms with van der Waals surface area (Å²) >= 11 is 11.6. The summed E-state index contributed by atoms with van der Waals surface area (Å²) in [5.74, 6) is -0.230. The number of hydrogen-bond donors (Lipinski definition) is 1. The van der Waals surface area contributed by atoms with Gasteiger partial charge < -0.3 is 5.32 Å². The Morgan fingerprint density at radius 1 is 1.32 bits per heavy atom. The Balaban J connectivity index is 2.00. The zero-order valence-corrected chi connectivity index (χ0v) is 12.6. The number of carbonyl (C=O) groups excluding carboxylic acids is 1. The van der Waals surface area contributed by atoms with Gasteiger partial charge in [0.2, 0.25) is 0 Å². The highest BCUT2D eigenvalue weighted by Gasteiger charge is 2.28. The van der Waals surface area contributed by atoms with E-state index in [0.717, 1.165) is 25.7 Å². The van der Waals surface area contributed by atoms with E-state index in [-0.39, 0.29) is 27.8 Å². The number of hydrogen-bond acceptors (Lipinski definition) is 3. The largest absolute Gasteiger partial charge is 0.349 e. The lowest BCUT2D eigenvalue weighted by Crippen LogP contribution is -2.39. The van der Waals surface area contributed by atoms with Crippen molar-refractivity contribution in [3.05, 3.63) is 21.9 Å². The molecule has 1 fully saturated rings. The molecule has 1 aromatic rings. The number of rotatable bonds is 2. The van der Waals surface area contributed by atoms with Crippen LogP contribution in [0, 0.1) is 5.41 Å². The SMILES string of the molecule is CC1(C)CCC(NC(=O)c2cc(Cl)nnc2Cl)CC1. The normalized spacial score (nSPS) is 19.2. The van der Waals surface area contributed by atoms with Crippen molar-refractivity contribution in [3.63, 3.8) is 0 Å². The van der Waals surface area contributed by atoms with Crippen LogP contribution in [0.3, 0.4) is 0 Å². The second-order valence-corrected chi connectivity index (χ2v) is 6.53. The van der Waals surface area contributed by atoms with Crippen LogP contribution in [-0.2, 0) is 0 Å². The number of amides is 1.